The third-order valence-corrected chi connectivity index (χ3v) is 3.63. The maximum absolute atomic E-state index is 12.1. The van der Waals surface area contributed by atoms with Crippen LogP contribution in [0.4, 0.5) is 0 Å². The molecule has 2 aromatic rings. The fourth-order valence-electron chi connectivity index (χ4n) is 1.62. The summed E-state index contributed by atoms with van der Waals surface area (Å²) >= 11 is 17.6. The zero-order valence-corrected chi connectivity index (χ0v) is 12.3. The van der Waals surface area contributed by atoms with Crippen molar-refractivity contribution in [3.8, 4) is 0 Å². The van der Waals surface area contributed by atoms with Crippen LogP contribution in [-0.2, 0) is 6.54 Å². The second-order valence-corrected chi connectivity index (χ2v) is 5.14. The van der Waals surface area contributed by atoms with E-state index < -0.39 is 0 Å². The van der Waals surface area contributed by atoms with E-state index in [1.807, 2.05) is 6.07 Å². The van der Waals surface area contributed by atoms with Gasteiger partial charge >= 0.3 is 0 Å². The average molecular weight is 319 g/mol. The molecule has 1 aromatic heterocycles. The summed E-state index contributed by atoms with van der Waals surface area (Å²) in [6, 6.07) is 8.34. The van der Waals surface area contributed by atoms with Crippen molar-refractivity contribution in [3.05, 3.63) is 56.9 Å². The molecule has 0 saturated carbocycles. The minimum absolute atomic E-state index is 0.178. The highest BCUT2D eigenvalue weighted by Crippen LogP contribution is 2.26. The zero-order chi connectivity index (χ0) is 14.0. The third-order valence-electron chi connectivity index (χ3n) is 2.57. The molecular weight excluding hydrogens is 309 g/mol. The largest absolute Gasteiger partial charge is 0.440 e. The van der Waals surface area contributed by atoms with Crippen LogP contribution in [0.1, 0.15) is 16.1 Å². The minimum atomic E-state index is -0.275. The second-order valence-electron chi connectivity index (χ2n) is 3.98. The van der Waals surface area contributed by atoms with Gasteiger partial charge in [-0.25, -0.2) is 0 Å². The molecule has 0 aliphatic carbocycles. The van der Waals surface area contributed by atoms with Crippen LogP contribution in [0, 0.1) is 0 Å². The first-order valence-corrected chi connectivity index (χ1v) is 6.56. The van der Waals surface area contributed by atoms with Crippen molar-refractivity contribution in [2.75, 3.05) is 7.05 Å². The Morgan fingerprint density at radius 1 is 1.21 bits per heavy atom. The lowest BCUT2D eigenvalue weighted by Crippen LogP contribution is -2.25. The molecular formula is C13H10Cl3NO2. The predicted octanol–water partition coefficient (Wildman–Crippen LogP) is 4.51. The van der Waals surface area contributed by atoms with Gasteiger partial charge < -0.3 is 9.32 Å². The van der Waals surface area contributed by atoms with Gasteiger partial charge in [0.1, 0.15) is 0 Å². The molecule has 0 N–H and O–H groups in total. The number of carbonyl (C=O) groups is 1. The van der Waals surface area contributed by atoms with Crippen LogP contribution in [0.5, 0.6) is 0 Å². The minimum Gasteiger partial charge on any atom is -0.440 e. The van der Waals surface area contributed by atoms with E-state index in [1.54, 1.807) is 19.2 Å². The summed E-state index contributed by atoms with van der Waals surface area (Å²) in [7, 11) is 1.65. The molecule has 0 radical (unpaired) electrons. The van der Waals surface area contributed by atoms with Gasteiger partial charge in [-0.3, -0.25) is 4.79 Å². The van der Waals surface area contributed by atoms with Crippen LogP contribution in [-0.4, -0.2) is 17.9 Å². The summed E-state index contributed by atoms with van der Waals surface area (Å²) in [5.41, 5.74) is 0.766. The Bertz CT molecular complexity index is 610. The smallest absolute Gasteiger partial charge is 0.289 e. The predicted molar refractivity (Wildman–Crippen MR) is 76.0 cm³/mol. The summed E-state index contributed by atoms with van der Waals surface area (Å²) in [6.45, 7) is 0.330. The van der Waals surface area contributed by atoms with Crippen LogP contribution >= 0.6 is 34.8 Å². The summed E-state index contributed by atoms with van der Waals surface area (Å²) in [6.07, 6.45) is 0. The first kappa shape index (κ1) is 14.3. The molecule has 0 aliphatic heterocycles. The molecule has 3 nitrogen and oxygen atoms in total. The molecule has 100 valence electrons. The number of carbonyl (C=O) groups excluding carboxylic acids is 1. The highest BCUT2D eigenvalue weighted by molar-refractivity contribution is 6.42. The Morgan fingerprint density at radius 2 is 1.95 bits per heavy atom. The average Bonchev–Trinajstić information content (AvgIpc) is 2.80. The lowest BCUT2D eigenvalue weighted by atomic mass is 10.2. The highest BCUT2D eigenvalue weighted by atomic mass is 35.5. The standard InChI is InChI=1S/C13H10Cl3NO2/c1-17(13(18)10-5-6-11(15)19-10)7-8-3-2-4-9(14)12(8)16/h2-6H,7H2,1H3. The zero-order valence-electron chi connectivity index (χ0n) is 9.99. The quantitative estimate of drug-likeness (QED) is 0.834. The summed E-state index contributed by atoms with van der Waals surface area (Å²) in [4.78, 5) is 13.5. The molecule has 1 amide bonds. The number of nitrogens with zero attached hydrogens (tertiary/aromatic N) is 1. The van der Waals surface area contributed by atoms with E-state index in [1.165, 1.54) is 17.0 Å². The molecule has 6 heteroatoms. The fourth-order valence-corrected chi connectivity index (χ4v) is 2.14. The third kappa shape index (κ3) is 3.24. The van der Waals surface area contributed by atoms with Crippen LogP contribution < -0.4 is 0 Å². The Morgan fingerprint density at radius 3 is 2.58 bits per heavy atom. The van der Waals surface area contributed by atoms with Crippen LogP contribution in [0.15, 0.2) is 34.7 Å². The molecule has 2 rings (SSSR count). The van der Waals surface area contributed by atoms with Gasteiger partial charge in [0.25, 0.3) is 5.91 Å². The van der Waals surface area contributed by atoms with Gasteiger partial charge in [0.2, 0.25) is 0 Å². The molecule has 0 saturated heterocycles. The maximum atomic E-state index is 12.1. The Labute approximate surface area is 125 Å². The SMILES string of the molecule is CN(Cc1cccc(Cl)c1Cl)C(=O)c1ccc(Cl)o1. The Balaban J connectivity index is 2.15. The van der Waals surface area contributed by atoms with Gasteiger partial charge in [-0.1, -0.05) is 35.3 Å². The van der Waals surface area contributed by atoms with Gasteiger partial charge in [-0.2, -0.15) is 0 Å². The van der Waals surface area contributed by atoms with E-state index in [0.717, 1.165) is 5.56 Å². The lowest BCUT2D eigenvalue weighted by Gasteiger charge is -2.17. The van der Waals surface area contributed by atoms with Crippen molar-refractivity contribution in [2.45, 2.75) is 6.54 Å². The van der Waals surface area contributed by atoms with Crippen molar-refractivity contribution in [1.29, 1.82) is 0 Å². The molecule has 1 heterocycles. The number of amides is 1. The molecule has 0 aliphatic rings. The summed E-state index contributed by atoms with van der Waals surface area (Å²) < 4.78 is 5.07. The number of benzene rings is 1. The molecule has 0 bridgehead atoms. The van der Waals surface area contributed by atoms with Crippen molar-refractivity contribution >= 4 is 40.7 Å². The molecule has 19 heavy (non-hydrogen) atoms. The van der Waals surface area contributed by atoms with E-state index >= 15 is 0 Å². The molecule has 0 unspecified atom stereocenters. The van der Waals surface area contributed by atoms with Gasteiger partial charge in [0.05, 0.1) is 10.0 Å². The van der Waals surface area contributed by atoms with Gasteiger partial charge in [0.15, 0.2) is 11.0 Å². The van der Waals surface area contributed by atoms with Gasteiger partial charge in [0, 0.05) is 13.6 Å². The number of hydrogen-bond donors (Lipinski definition) is 0. The molecule has 0 spiro atoms. The fraction of sp³-hybridized carbons (Fsp3) is 0.154. The lowest BCUT2D eigenvalue weighted by molar-refractivity contribution is 0.0753. The van der Waals surface area contributed by atoms with Crippen molar-refractivity contribution in [2.24, 2.45) is 0 Å². The Hall–Kier alpha value is -1.16. The first-order chi connectivity index (χ1) is 8.99. The van der Waals surface area contributed by atoms with Crippen molar-refractivity contribution in [1.82, 2.24) is 4.90 Å². The number of rotatable bonds is 3. The maximum Gasteiger partial charge on any atom is 0.289 e. The van der Waals surface area contributed by atoms with Crippen LogP contribution in [0.25, 0.3) is 0 Å². The van der Waals surface area contributed by atoms with Crippen LogP contribution in [0.3, 0.4) is 0 Å². The summed E-state index contributed by atoms with van der Waals surface area (Å²) in [5.74, 6) is -0.0893. The number of furan rings is 1. The van der Waals surface area contributed by atoms with Crippen LogP contribution in [0.2, 0.25) is 15.3 Å². The molecule has 1 aromatic carbocycles. The second kappa shape index (κ2) is 5.87. The monoisotopic (exact) mass is 317 g/mol. The van der Waals surface area contributed by atoms with E-state index in [0.29, 0.717) is 16.6 Å². The van der Waals surface area contributed by atoms with Crippen molar-refractivity contribution in [3.63, 3.8) is 0 Å². The topological polar surface area (TPSA) is 33.5 Å². The molecule has 0 atom stereocenters. The first-order valence-electron chi connectivity index (χ1n) is 5.42. The van der Waals surface area contributed by atoms with Gasteiger partial charge in [-0.05, 0) is 35.4 Å². The van der Waals surface area contributed by atoms with Gasteiger partial charge in [-0.15, -0.1) is 0 Å². The van der Waals surface area contributed by atoms with E-state index in [9.17, 15) is 4.79 Å². The number of hydrogen-bond acceptors (Lipinski definition) is 2. The van der Waals surface area contributed by atoms with Crippen molar-refractivity contribution < 1.29 is 9.21 Å². The number of halogens is 3. The van der Waals surface area contributed by atoms with E-state index in [2.05, 4.69) is 0 Å². The molecule has 0 fully saturated rings. The highest BCUT2D eigenvalue weighted by Gasteiger charge is 2.17. The van der Waals surface area contributed by atoms with E-state index in [-0.39, 0.29) is 16.9 Å². The van der Waals surface area contributed by atoms with E-state index in [4.69, 9.17) is 39.2 Å². The Kier molecular flexibility index (Phi) is 4.40. The normalized spacial score (nSPS) is 10.5. The summed E-state index contributed by atoms with van der Waals surface area (Å²) in [5, 5.41) is 1.08.